The zero-order valence-electron chi connectivity index (χ0n) is 25.0. The number of sulfonamides is 1. The van der Waals surface area contributed by atoms with Gasteiger partial charge in [0.25, 0.3) is 10.0 Å². The number of anilines is 1. The van der Waals surface area contributed by atoms with Gasteiger partial charge in [0.15, 0.2) is 0 Å². The predicted octanol–water partition coefficient (Wildman–Crippen LogP) is 7.31. The summed E-state index contributed by atoms with van der Waals surface area (Å²) in [6.07, 6.45) is 1.67. The van der Waals surface area contributed by atoms with E-state index < -0.39 is 28.5 Å². The van der Waals surface area contributed by atoms with Crippen LogP contribution in [0.25, 0.3) is 0 Å². The van der Waals surface area contributed by atoms with Crippen molar-refractivity contribution in [2.75, 3.05) is 17.4 Å². The molecule has 1 atom stereocenters. The number of nitrogens with one attached hydrogen (secondary N) is 1. The molecule has 0 aliphatic heterocycles. The van der Waals surface area contributed by atoms with Crippen molar-refractivity contribution >= 4 is 50.7 Å². The van der Waals surface area contributed by atoms with Crippen LogP contribution < -0.4 is 14.4 Å². The van der Waals surface area contributed by atoms with Crippen molar-refractivity contribution in [1.29, 1.82) is 0 Å². The standard InChI is InChI=1S/C34H35Cl2N3O5S/c1-3-4-21-37-34(41)25(2)38(23-26-15-20-31(35)32(36)22-26)33(40)24-39(45(42,43)30-13-9-6-10-14-30)27-16-18-29(19-17-27)44-28-11-7-5-8-12-28/h5-20,22,25H,3-4,21,23-24H2,1-2H3,(H,37,41)/t25-/m1/s1. The van der Waals surface area contributed by atoms with Crippen molar-refractivity contribution in [1.82, 2.24) is 10.2 Å². The van der Waals surface area contributed by atoms with Crippen LogP contribution in [0.15, 0.2) is 108 Å². The quantitative estimate of drug-likeness (QED) is 0.142. The summed E-state index contributed by atoms with van der Waals surface area (Å²) >= 11 is 12.4. The summed E-state index contributed by atoms with van der Waals surface area (Å²) in [6, 6.07) is 27.5. The van der Waals surface area contributed by atoms with E-state index in [1.165, 1.54) is 17.0 Å². The molecule has 0 radical (unpaired) electrons. The Morgan fingerprint density at radius 3 is 2.09 bits per heavy atom. The topological polar surface area (TPSA) is 96.0 Å². The Morgan fingerprint density at radius 1 is 0.844 bits per heavy atom. The molecular formula is C34H35Cl2N3O5S. The third-order valence-electron chi connectivity index (χ3n) is 7.05. The van der Waals surface area contributed by atoms with Gasteiger partial charge in [0, 0.05) is 13.1 Å². The maximum Gasteiger partial charge on any atom is 0.264 e. The van der Waals surface area contributed by atoms with Gasteiger partial charge in [-0.15, -0.1) is 0 Å². The second kappa shape index (κ2) is 15.8. The molecule has 0 fully saturated rings. The first kappa shape index (κ1) is 33.8. The number of halogens is 2. The van der Waals surface area contributed by atoms with Crippen LogP contribution in [0.4, 0.5) is 5.69 Å². The summed E-state index contributed by atoms with van der Waals surface area (Å²) in [7, 11) is -4.20. The van der Waals surface area contributed by atoms with Crippen LogP contribution in [0.5, 0.6) is 11.5 Å². The Morgan fingerprint density at radius 2 is 1.47 bits per heavy atom. The number of nitrogens with zero attached hydrogens (tertiary/aromatic N) is 2. The van der Waals surface area contributed by atoms with Crippen molar-refractivity contribution in [3.05, 3.63) is 119 Å². The van der Waals surface area contributed by atoms with Gasteiger partial charge in [-0.1, -0.05) is 79.0 Å². The molecule has 4 rings (SSSR count). The van der Waals surface area contributed by atoms with Crippen molar-refractivity contribution in [3.8, 4) is 11.5 Å². The van der Waals surface area contributed by atoms with E-state index in [1.54, 1.807) is 79.7 Å². The van der Waals surface area contributed by atoms with Gasteiger partial charge in [0.05, 0.1) is 20.6 Å². The first-order chi connectivity index (χ1) is 21.6. The predicted molar refractivity (Wildman–Crippen MR) is 178 cm³/mol. The summed E-state index contributed by atoms with van der Waals surface area (Å²) in [6.45, 7) is 3.52. The van der Waals surface area contributed by atoms with E-state index in [1.807, 2.05) is 25.1 Å². The Balaban J connectivity index is 1.68. The number of ether oxygens (including phenoxy) is 1. The number of hydrogen-bond donors (Lipinski definition) is 1. The number of rotatable bonds is 14. The molecule has 0 aliphatic rings. The number of benzene rings is 4. The molecule has 11 heteroatoms. The Labute approximate surface area is 274 Å². The lowest BCUT2D eigenvalue weighted by Gasteiger charge is -2.32. The highest BCUT2D eigenvalue weighted by atomic mass is 35.5. The average molecular weight is 669 g/mol. The van der Waals surface area contributed by atoms with Gasteiger partial charge in [-0.3, -0.25) is 13.9 Å². The molecule has 0 aromatic heterocycles. The van der Waals surface area contributed by atoms with Gasteiger partial charge < -0.3 is 15.0 Å². The minimum absolute atomic E-state index is 0.00116. The molecule has 0 aliphatic carbocycles. The maximum atomic E-state index is 14.1. The summed E-state index contributed by atoms with van der Waals surface area (Å²) in [4.78, 5) is 28.6. The minimum Gasteiger partial charge on any atom is -0.457 e. The Kier molecular flexibility index (Phi) is 11.9. The zero-order chi connectivity index (χ0) is 32.4. The Hall–Kier alpha value is -4.05. The van der Waals surface area contributed by atoms with Crippen molar-refractivity contribution in [3.63, 3.8) is 0 Å². The second-order valence-corrected chi connectivity index (χ2v) is 13.0. The van der Waals surface area contributed by atoms with E-state index in [0.29, 0.717) is 33.7 Å². The SMILES string of the molecule is CCCCNC(=O)[C@@H](C)N(Cc1ccc(Cl)c(Cl)c1)C(=O)CN(c1ccc(Oc2ccccc2)cc1)S(=O)(=O)c1ccccc1. The van der Waals surface area contributed by atoms with Gasteiger partial charge in [0.1, 0.15) is 24.1 Å². The fourth-order valence-corrected chi connectivity index (χ4v) is 6.26. The van der Waals surface area contributed by atoms with Crippen LogP contribution in [0.1, 0.15) is 32.3 Å². The van der Waals surface area contributed by atoms with Gasteiger partial charge in [0.2, 0.25) is 11.8 Å². The largest absolute Gasteiger partial charge is 0.457 e. The molecule has 0 heterocycles. The molecule has 2 amide bonds. The van der Waals surface area contributed by atoms with Gasteiger partial charge in [-0.2, -0.15) is 0 Å². The van der Waals surface area contributed by atoms with Crippen LogP contribution in [-0.2, 0) is 26.2 Å². The second-order valence-electron chi connectivity index (χ2n) is 10.3. The number of unbranched alkanes of at least 4 members (excludes halogenated alkanes) is 1. The van der Waals surface area contributed by atoms with Crippen LogP contribution in [-0.4, -0.2) is 44.3 Å². The molecule has 4 aromatic rings. The molecule has 0 saturated heterocycles. The molecule has 0 bridgehead atoms. The van der Waals surface area contributed by atoms with E-state index >= 15 is 0 Å². The van der Waals surface area contributed by atoms with E-state index in [4.69, 9.17) is 27.9 Å². The van der Waals surface area contributed by atoms with Crippen molar-refractivity contribution in [2.24, 2.45) is 0 Å². The van der Waals surface area contributed by atoms with Gasteiger partial charge in [-0.05, 0) is 79.6 Å². The average Bonchev–Trinajstić information content (AvgIpc) is 3.05. The van der Waals surface area contributed by atoms with E-state index in [2.05, 4.69) is 5.32 Å². The lowest BCUT2D eigenvalue weighted by molar-refractivity contribution is -0.139. The van der Waals surface area contributed by atoms with Crippen LogP contribution in [0, 0.1) is 0 Å². The summed E-state index contributed by atoms with van der Waals surface area (Å²) in [5, 5.41) is 3.52. The number of para-hydroxylation sites is 1. The van der Waals surface area contributed by atoms with Crippen LogP contribution >= 0.6 is 23.2 Å². The fourth-order valence-electron chi connectivity index (χ4n) is 4.51. The summed E-state index contributed by atoms with van der Waals surface area (Å²) < 4.78 is 34.9. The number of carbonyl (C=O) groups is 2. The van der Waals surface area contributed by atoms with Crippen LogP contribution in [0.3, 0.4) is 0 Å². The first-order valence-electron chi connectivity index (χ1n) is 14.5. The summed E-state index contributed by atoms with van der Waals surface area (Å²) in [5.74, 6) is 0.186. The summed E-state index contributed by atoms with van der Waals surface area (Å²) in [5.41, 5.74) is 0.882. The highest BCUT2D eigenvalue weighted by Gasteiger charge is 2.32. The monoisotopic (exact) mass is 667 g/mol. The number of amides is 2. The Bertz CT molecular complexity index is 1690. The van der Waals surface area contributed by atoms with E-state index in [9.17, 15) is 18.0 Å². The highest BCUT2D eigenvalue weighted by Crippen LogP contribution is 2.29. The third kappa shape index (κ3) is 9.00. The fraction of sp³-hybridized carbons (Fsp3) is 0.235. The molecule has 0 saturated carbocycles. The molecule has 0 unspecified atom stereocenters. The maximum absolute atomic E-state index is 14.1. The lowest BCUT2D eigenvalue weighted by Crippen LogP contribution is -2.51. The normalized spacial score (nSPS) is 11.8. The van der Waals surface area contributed by atoms with E-state index in [-0.39, 0.29) is 23.0 Å². The first-order valence-corrected chi connectivity index (χ1v) is 16.7. The van der Waals surface area contributed by atoms with Gasteiger partial charge >= 0.3 is 0 Å². The third-order valence-corrected chi connectivity index (χ3v) is 9.57. The molecule has 8 nitrogen and oxygen atoms in total. The smallest absolute Gasteiger partial charge is 0.264 e. The molecule has 0 spiro atoms. The van der Waals surface area contributed by atoms with Gasteiger partial charge in [-0.25, -0.2) is 8.42 Å². The van der Waals surface area contributed by atoms with Crippen LogP contribution in [0.2, 0.25) is 10.0 Å². The number of carbonyl (C=O) groups excluding carboxylic acids is 2. The molecule has 1 N–H and O–H groups in total. The molecular weight excluding hydrogens is 633 g/mol. The van der Waals surface area contributed by atoms with Crippen molar-refractivity contribution in [2.45, 2.75) is 44.2 Å². The van der Waals surface area contributed by atoms with E-state index in [0.717, 1.165) is 17.1 Å². The number of hydrogen-bond acceptors (Lipinski definition) is 5. The molecule has 236 valence electrons. The van der Waals surface area contributed by atoms with Crippen molar-refractivity contribution < 1.29 is 22.7 Å². The molecule has 4 aromatic carbocycles. The molecule has 45 heavy (non-hydrogen) atoms. The minimum atomic E-state index is -4.20. The lowest BCUT2D eigenvalue weighted by atomic mass is 10.1. The zero-order valence-corrected chi connectivity index (χ0v) is 27.4. The highest BCUT2D eigenvalue weighted by molar-refractivity contribution is 7.92.